The van der Waals surface area contributed by atoms with Crippen LogP contribution in [0.4, 0.5) is 0 Å². The molecule has 0 fully saturated rings. The highest BCUT2D eigenvalue weighted by atomic mass is 16.2. The van der Waals surface area contributed by atoms with Crippen molar-refractivity contribution < 1.29 is 4.79 Å². The van der Waals surface area contributed by atoms with E-state index >= 15 is 0 Å². The van der Waals surface area contributed by atoms with Gasteiger partial charge in [0.15, 0.2) is 5.96 Å². The Morgan fingerprint density at radius 3 is 2.22 bits per heavy atom. The number of hydrogen-bond acceptors (Lipinski definition) is 2. The van der Waals surface area contributed by atoms with Crippen molar-refractivity contribution in [3.05, 3.63) is 71.8 Å². The third-order valence-electron chi connectivity index (χ3n) is 3.38. The van der Waals surface area contributed by atoms with Gasteiger partial charge in [-0.15, -0.1) is 0 Å². The van der Waals surface area contributed by atoms with Gasteiger partial charge in [-0.25, -0.2) is 4.99 Å². The minimum absolute atomic E-state index is 0.0354. The quantitative estimate of drug-likeness (QED) is 0.631. The molecule has 23 heavy (non-hydrogen) atoms. The van der Waals surface area contributed by atoms with Crippen LogP contribution in [-0.4, -0.2) is 30.4 Å². The van der Waals surface area contributed by atoms with Crippen molar-refractivity contribution in [2.45, 2.75) is 13.1 Å². The number of carbonyl (C=O) groups excluding carboxylic acids is 1. The third-order valence-corrected chi connectivity index (χ3v) is 3.38. The van der Waals surface area contributed by atoms with E-state index in [1.54, 1.807) is 11.9 Å². The molecular formula is C18H22N4O. The maximum absolute atomic E-state index is 12.1. The van der Waals surface area contributed by atoms with E-state index in [-0.39, 0.29) is 18.4 Å². The van der Waals surface area contributed by atoms with Gasteiger partial charge >= 0.3 is 0 Å². The molecule has 0 aliphatic carbocycles. The van der Waals surface area contributed by atoms with E-state index in [2.05, 4.69) is 10.3 Å². The maximum Gasteiger partial charge on any atom is 0.242 e. The van der Waals surface area contributed by atoms with Crippen molar-refractivity contribution in [1.29, 1.82) is 0 Å². The molecule has 5 nitrogen and oxygen atoms in total. The lowest BCUT2D eigenvalue weighted by molar-refractivity contribution is -0.129. The van der Waals surface area contributed by atoms with Gasteiger partial charge in [0.1, 0.15) is 0 Å². The summed E-state index contributed by atoms with van der Waals surface area (Å²) in [6.07, 6.45) is 0. The van der Waals surface area contributed by atoms with Crippen molar-refractivity contribution >= 4 is 11.9 Å². The van der Waals surface area contributed by atoms with Crippen LogP contribution < -0.4 is 11.1 Å². The fraction of sp³-hybridized carbons (Fsp3) is 0.222. The Balaban J connectivity index is 1.76. The first-order chi connectivity index (χ1) is 11.1. The number of guanidine groups is 1. The predicted octanol–water partition coefficient (Wildman–Crippen LogP) is 1.75. The van der Waals surface area contributed by atoms with Crippen LogP contribution in [0, 0.1) is 0 Å². The molecular weight excluding hydrogens is 288 g/mol. The molecule has 120 valence electrons. The summed E-state index contributed by atoms with van der Waals surface area (Å²) in [5, 5.41) is 2.86. The second-order valence-electron chi connectivity index (χ2n) is 5.28. The van der Waals surface area contributed by atoms with Gasteiger partial charge in [0.2, 0.25) is 5.91 Å². The average Bonchev–Trinajstić information content (AvgIpc) is 2.59. The number of nitrogens with one attached hydrogen (secondary N) is 1. The van der Waals surface area contributed by atoms with Crippen LogP contribution in [0.25, 0.3) is 0 Å². The molecule has 2 rings (SSSR count). The summed E-state index contributed by atoms with van der Waals surface area (Å²) in [6, 6.07) is 19.7. The third kappa shape index (κ3) is 5.82. The number of benzene rings is 2. The molecule has 0 saturated carbocycles. The molecule has 1 amide bonds. The fourth-order valence-corrected chi connectivity index (χ4v) is 2.06. The Morgan fingerprint density at radius 1 is 1.04 bits per heavy atom. The van der Waals surface area contributed by atoms with E-state index in [0.29, 0.717) is 13.1 Å². The first kappa shape index (κ1) is 16.5. The number of rotatable bonds is 6. The summed E-state index contributed by atoms with van der Waals surface area (Å²) in [5.74, 6) is 0.238. The Kier molecular flexibility index (Phi) is 6.17. The number of likely N-dealkylation sites (N-methyl/N-ethyl adjacent to an activating group) is 1. The Labute approximate surface area is 136 Å². The van der Waals surface area contributed by atoms with Gasteiger partial charge in [-0.1, -0.05) is 60.7 Å². The molecule has 0 atom stereocenters. The van der Waals surface area contributed by atoms with E-state index in [9.17, 15) is 4.79 Å². The van der Waals surface area contributed by atoms with Gasteiger partial charge in [0, 0.05) is 13.6 Å². The van der Waals surface area contributed by atoms with Crippen LogP contribution in [-0.2, 0) is 17.9 Å². The van der Waals surface area contributed by atoms with Crippen molar-refractivity contribution in [2.24, 2.45) is 10.7 Å². The second-order valence-corrected chi connectivity index (χ2v) is 5.28. The molecule has 0 unspecified atom stereocenters. The zero-order valence-corrected chi connectivity index (χ0v) is 13.3. The SMILES string of the molecule is CN(Cc1ccccc1)C(=O)CNC(N)=NCc1ccccc1. The van der Waals surface area contributed by atoms with E-state index in [4.69, 9.17) is 5.73 Å². The summed E-state index contributed by atoms with van der Waals surface area (Å²) in [5.41, 5.74) is 7.96. The van der Waals surface area contributed by atoms with Gasteiger partial charge < -0.3 is 16.0 Å². The van der Waals surface area contributed by atoms with Crippen molar-refractivity contribution in [1.82, 2.24) is 10.2 Å². The molecule has 2 aromatic carbocycles. The van der Waals surface area contributed by atoms with Gasteiger partial charge in [0.05, 0.1) is 13.1 Å². The largest absolute Gasteiger partial charge is 0.370 e. The number of aliphatic imine (C=N–C) groups is 1. The van der Waals surface area contributed by atoms with Crippen molar-refractivity contribution in [3.63, 3.8) is 0 Å². The predicted molar refractivity (Wildman–Crippen MR) is 92.7 cm³/mol. The lowest BCUT2D eigenvalue weighted by atomic mass is 10.2. The van der Waals surface area contributed by atoms with Crippen LogP contribution in [0.15, 0.2) is 65.7 Å². The summed E-state index contributed by atoms with van der Waals surface area (Å²) in [4.78, 5) is 18.0. The lowest BCUT2D eigenvalue weighted by Crippen LogP contribution is -2.41. The Morgan fingerprint density at radius 2 is 1.61 bits per heavy atom. The average molecular weight is 310 g/mol. The highest BCUT2D eigenvalue weighted by Crippen LogP contribution is 2.02. The summed E-state index contributed by atoms with van der Waals surface area (Å²) >= 11 is 0. The Bertz CT molecular complexity index is 641. The molecule has 3 N–H and O–H groups in total. The maximum atomic E-state index is 12.1. The summed E-state index contributed by atoms with van der Waals surface area (Å²) in [7, 11) is 1.77. The highest BCUT2D eigenvalue weighted by molar-refractivity contribution is 5.85. The molecule has 0 bridgehead atoms. The molecule has 0 radical (unpaired) electrons. The molecule has 2 aromatic rings. The minimum atomic E-state index is -0.0354. The molecule has 0 saturated heterocycles. The molecule has 0 heterocycles. The smallest absolute Gasteiger partial charge is 0.242 e. The second kappa shape index (κ2) is 8.58. The summed E-state index contributed by atoms with van der Waals surface area (Å²) in [6.45, 7) is 1.20. The normalized spacial score (nSPS) is 11.1. The van der Waals surface area contributed by atoms with Gasteiger partial charge in [-0.05, 0) is 11.1 Å². The number of nitrogens with zero attached hydrogens (tertiary/aromatic N) is 2. The number of hydrogen-bond donors (Lipinski definition) is 2. The van der Waals surface area contributed by atoms with E-state index in [1.807, 2.05) is 60.7 Å². The number of nitrogens with two attached hydrogens (primary N) is 1. The molecule has 5 heteroatoms. The first-order valence-electron chi connectivity index (χ1n) is 7.51. The monoisotopic (exact) mass is 310 g/mol. The molecule has 0 aliphatic heterocycles. The van der Waals surface area contributed by atoms with Gasteiger partial charge in [0.25, 0.3) is 0 Å². The zero-order valence-electron chi connectivity index (χ0n) is 13.3. The van der Waals surface area contributed by atoms with E-state index < -0.39 is 0 Å². The Hall–Kier alpha value is -2.82. The standard InChI is InChI=1S/C18H22N4O/c1-22(14-16-10-6-3-7-11-16)17(23)13-21-18(19)20-12-15-8-4-2-5-9-15/h2-11H,12-14H2,1H3,(H3,19,20,21). The van der Waals surface area contributed by atoms with Gasteiger partial charge in [-0.2, -0.15) is 0 Å². The molecule has 0 aliphatic rings. The van der Waals surface area contributed by atoms with Crippen LogP contribution >= 0.6 is 0 Å². The van der Waals surface area contributed by atoms with Crippen LogP contribution in [0.1, 0.15) is 11.1 Å². The first-order valence-corrected chi connectivity index (χ1v) is 7.51. The lowest BCUT2D eigenvalue weighted by Gasteiger charge is -2.17. The van der Waals surface area contributed by atoms with Gasteiger partial charge in [-0.3, -0.25) is 4.79 Å². The minimum Gasteiger partial charge on any atom is -0.370 e. The highest BCUT2D eigenvalue weighted by Gasteiger charge is 2.09. The summed E-state index contributed by atoms with van der Waals surface area (Å²) < 4.78 is 0. The van der Waals surface area contributed by atoms with Crippen LogP contribution in [0.2, 0.25) is 0 Å². The fourth-order valence-electron chi connectivity index (χ4n) is 2.06. The van der Waals surface area contributed by atoms with Crippen molar-refractivity contribution in [3.8, 4) is 0 Å². The number of amides is 1. The molecule has 0 spiro atoms. The zero-order chi connectivity index (χ0) is 16.5. The van der Waals surface area contributed by atoms with E-state index in [1.165, 1.54) is 0 Å². The van der Waals surface area contributed by atoms with Crippen LogP contribution in [0.5, 0.6) is 0 Å². The molecule has 0 aromatic heterocycles. The van der Waals surface area contributed by atoms with E-state index in [0.717, 1.165) is 11.1 Å². The number of carbonyl (C=O) groups is 1. The van der Waals surface area contributed by atoms with Crippen LogP contribution in [0.3, 0.4) is 0 Å². The van der Waals surface area contributed by atoms with Crippen molar-refractivity contribution in [2.75, 3.05) is 13.6 Å². The topological polar surface area (TPSA) is 70.7 Å².